The number of carbonyl (C=O) groups excluding carboxylic acids is 1. The number of benzene rings is 1. The highest BCUT2D eigenvalue weighted by atomic mass is 16.6. The zero-order valence-electron chi connectivity index (χ0n) is 16.6. The minimum atomic E-state index is -0.620. The first-order valence-electron chi connectivity index (χ1n) is 8.83. The van der Waals surface area contributed by atoms with E-state index in [1.54, 1.807) is 0 Å². The van der Waals surface area contributed by atoms with Crippen molar-refractivity contribution in [3.05, 3.63) is 29.3 Å². The van der Waals surface area contributed by atoms with Gasteiger partial charge < -0.3 is 15.2 Å². The molecular weight excluding hydrogens is 316 g/mol. The fraction of sp³-hybridized carbons (Fsp3) is 0.650. The van der Waals surface area contributed by atoms with Gasteiger partial charge in [0, 0.05) is 12.2 Å². The third-order valence-electron chi connectivity index (χ3n) is 4.78. The molecule has 5 nitrogen and oxygen atoms in total. The number of nitrogens with zero attached hydrogens (tertiary/aromatic N) is 1. The fourth-order valence-corrected chi connectivity index (χ4v) is 3.61. The first-order valence-corrected chi connectivity index (χ1v) is 8.83. The molecule has 0 radical (unpaired) electrons. The maximum Gasteiger partial charge on any atom is 0.411 e. The summed E-state index contributed by atoms with van der Waals surface area (Å²) in [5.41, 5.74) is 7.34. The van der Waals surface area contributed by atoms with Crippen LogP contribution in [0.2, 0.25) is 0 Å². The Hall–Kier alpha value is -1.75. The van der Waals surface area contributed by atoms with Crippen LogP contribution in [0, 0.1) is 12.3 Å². The molecule has 0 saturated carbocycles. The monoisotopic (exact) mass is 348 g/mol. The first kappa shape index (κ1) is 19.6. The van der Waals surface area contributed by atoms with Gasteiger partial charge in [-0.3, -0.25) is 4.90 Å². The molecule has 0 aliphatic carbocycles. The Morgan fingerprint density at radius 1 is 1.24 bits per heavy atom. The number of nitrogens with two attached hydrogens (primary N) is 1. The van der Waals surface area contributed by atoms with Crippen LogP contribution >= 0.6 is 0 Å². The van der Waals surface area contributed by atoms with Crippen LogP contribution in [0.25, 0.3) is 0 Å². The van der Waals surface area contributed by atoms with Crippen LogP contribution < -0.4 is 5.73 Å². The van der Waals surface area contributed by atoms with Gasteiger partial charge in [0.05, 0.1) is 18.8 Å². The minimum Gasteiger partial charge on any atom is -0.444 e. The van der Waals surface area contributed by atoms with Gasteiger partial charge in [0.2, 0.25) is 0 Å². The molecule has 1 amide bonds. The van der Waals surface area contributed by atoms with E-state index in [0.29, 0.717) is 25.4 Å². The molecular formula is C20H32N2O3. The molecule has 1 aromatic rings. The second kappa shape index (κ2) is 6.52. The van der Waals surface area contributed by atoms with Crippen molar-refractivity contribution in [2.75, 3.05) is 25.5 Å². The quantitative estimate of drug-likeness (QED) is 0.777. The average molecular weight is 348 g/mol. The standard InChI is InChI=1S/C20H32N2O3/c1-14-12-15(21)8-9-16(14)20(18(2,3)4)13-24-11-10-22(20)17(23)25-19(5,6)7/h8-9,12H,10-11,13,21H2,1-7H3/t20-/m1/s1. The Morgan fingerprint density at radius 3 is 2.40 bits per heavy atom. The molecule has 25 heavy (non-hydrogen) atoms. The van der Waals surface area contributed by atoms with Gasteiger partial charge in [-0.15, -0.1) is 0 Å². The van der Waals surface area contributed by atoms with Crippen molar-refractivity contribution < 1.29 is 14.3 Å². The Labute approximate surface area is 151 Å². The van der Waals surface area contributed by atoms with Crippen molar-refractivity contribution in [3.8, 4) is 0 Å². The lowest BCUT2D eigenvalue weighted by atomic mass is 9.67. The molecule has 0 bridgehead atoms. The van der Waals surface area contributed by atoms with Gasteiger partial charge in [0.25, 0.3) is 0 Å². The molecule has 1 aromatic carbocycles. The summed E-state index contributed by atoms with van der Waals surface area (Å²) in [5, 5.41) is 0. The largest absolute Gasteiger partial charge is 0.444 e. The van der Waals surface area contributed by atoms with E-state index >= 15 is 0 Å². The van der Waals surface area contributed by atoms with Crippen LogP contribution in [0.1, 0.15) is 52.7 Å². The number of carbonyl (C=O) groups is 1. The summed E-state index contributed by atoms with van der Waals surface area (Å²) in [7, 11) is 0. The predicted molar refractivity (Wildman–Crippen MR) is 100 cm³/mol. The normalized spacial score (nSPS) is 22.0. The van der Waals surface area contributed by atoms with Gasteiger partial charge in [-0.1, -0.05) is 26.8 Å². The number of amides is 1. The predicted octanol–water partition coefficient (Wildman–Crippen LogP) is 4.09. The lowest BCUT2D eigenvalue weighted by Gasteiger charge is -2.54. The van der Waals surface area contributed by atoms with E-state index in [2.05, 4.69) is 20.8 Å². The summed E-state index contributed by atoms with van der Waals surface area (Å²) in [6, 6.07) is 5.85. The summed E-state index contributed by atoms with van der Waals surface area (Å²) in [4.78, 5) is 14.9. The molecule has 1 aliphatic heterocycles. The van der Waals surface area contributed by atoms with Gasteiger partial charge in [-0.25, -0.2) is 4.79 Å². The van der Waals surface area contributed by atoms with E-state index in [4.69, 9.17) is 15.2 Å². The summed E-state index contributed by atoms with van der Waals surface area (Å²) in [6.45, 7) is 15.5. The SMILES string of the molecule is Cc1cc(N)ccc1[C@@]1(C(C)(C)C)COCCN1C(=O)OC(C)(C)C. The smallest absolute Gasteiger partial charge is 0.411 e. The summed E-state index contributed by atoms with van der Waals surface area (Å²) in [6.07, 6.45) is -0.304. The summed E-state index contributed by atoms with van der Waals surface area (Å²) < 4.78 is 11.6. The Morgan fingerprint density at radius 2 is 1.88 bits per heavy atom. The number of anilines is 1. The van der Waals surface area contributed by atoms with Crippen LogP contribution in [0.5, 0.6) is 0 Å². The number of hydrogen-bond acceptors (Lipinski definition) is 4. The molecule has 1 fully saturated rings. The van der Waals surface area contributed by atoms with E-state index in [-0.39, 0.29) is 11.5 Å². The number of rotatable bonds is 1. The molecule has 140 valence electrons. The number of ether oxygens (including phenoxy) is 2. The third-order valence-corrected chi connectivity index (χ3v) is 4.78. The fourth-order valence-electron chi connectivity index (χ4n) is 3.61. The van der Waals surface area contributed by atoms with Crippen LogP contribution in [0.15, 0.2) is 18.2 Å². The van der Waals surface area contributed by atoms with E-state index in [1.807, 2.05) is 50.8 Å². The van der Waals surface area contributed by atoms with E-state index < -0.39 is 11.1 Å². The van der Waals surface area contributed by atoms with Crippen LogP contribution in [0.4, 0.5) is 10.5 Å². The molecule has 0 unspecified atom stereocenters. The Balaban J connectivity index is 2.61. The molecule has 1 atom stereocenters. The highest BCUT2D eigenvalue weighted by Crippen LogP contribution is 2.48. The van der Waals surface area contributed by atoms with Crippen molar-refractivity contribution in [2.45, 2.75) is 59.6 Å². The van der Waals surface area contributed by atoms with Crippen LogP contribution in [-0.4, -0.2) is 36.4 Å². The van der Waals surface area contributed by atoms with Gasteiger partial charge >= 0.3 is 6.09 Å². The molecule has 2 rings (SSSR count). The minimum absolute atomic E-state index is 0.259. The lowest BCUT2D eigenvalue weighted by Crippen LogP contribution is -2.63. The molecule has 1 heterocycles. The molecule has 2 N–H and O–H groups in total. The second-order valence-corrected chi connectivity index (χ2v) is 8.87. The van der Waals surface area contributed by atoms with E-state index in [1.165, 1.54) is 0 Å². The topological polar surface area (TPSA) is 64.8 Å². The number of nitrogen functional groups attached to an aromatic ring is 1. The van der Waals surface area contributed by atoms with Crippen molar-refractivity contribution in [3.63, 3.8) is 0 Å². The summed E-state index contributed by atoms with van der Waals surface area (Å²) in [5.74, 6) is 0. The maximum atomic E-state index is 13.1. The first-order chi connectivity index (χ1) is 11.4. The van der Waals surface area contributed by atoms with Crippen molar-refractivity contribution in [1.82, 2.24) is 4.90 Å². The Kier molecular flexibility index (Phi) is 5.11. The zero-order chi connectivity index (χ0) is 19.0. The van der Waals surface area contributed by atoms with Crippen LogP contribution in [-0.2, 0) is 15.0 Å². The van der Waals surface area contributed by atoms with Crippen LogP contribution in [0.3, 0.4) is 0 Å². The third kappa shape index (κ3) is 3.76. The molecule has 1 saturated heterocycles. The van der Waals surface area contributed by atoms with E-state index in [0.717, 1.165) is 11.1 Å². The molecule has 0 aromatic heterocycles. The number of morpholine rings is 1. The maximum absolute atomic E-state index is 13.1. The molecule has 0 spiro atoms. The highest BCUT2D eigenvalue weighted by molar-refractivity contribution is 5.70. The summed E-state index contributed by atoms with van der Waals surface area (Å²) >= 11 is 0. The second-order valence-electron chi connectivity index (χ2n) is 8.87. The van der Waals surface area contributed by atoms with Crippen molar-refractivity contribution in [2.24, 2.45) is 5.41 Å². The molecule has 1 aliphatic rings. The van der Waals surface area contributed by atoms with Crippen molar-refractivity contribution in [1.29, 1.82) is 0 Å². The van der Waals surface area contributed by atoms with Crippen molar-refractivity contribution >= 4 is 11.8 Å². The average Bonchev–Trinajstić information content (AvgIpc) is 2.44. The van der Waals surface area contributed by atoms with Gasteiger partial charge in [-0.2, -0.15) is 0 Å². The van der Waals surface area contributed by atoms with E-state index in [9.17, 15) is 4.79 Å². The van der Waals surface area contributed by atoms with Gasteiger partial charge in [0.15, 0.2) is 0 Å². The molecule has 5 heteroatoms. The Bertz CT molecular complexity index is 643. The lowest BCUT2D eigenvalue weighted by molar-refractivity contribution is -0.122. The number of aryl methyl sites for hydroxylation is 1. The van der Waals surface area contributed by atoms with Gasteiger partial charge in [-0.05, 0) is 56.4 Å². The highest BCUT2D eigenvalue weighted by Gasteiger charge is 2.53. The zero-order valence-corrected chi connectivity index (χ0v) is 16.6. The van der Waals surface area contributed by atoms with Gasteiger partial charge in [0.1, 0.15) is 5.60 Å². The number of hydrogen-bond donors (Lipinski definition) is 1.